The van der Waals surface area contributed by atoms with Crippen molar-refractivity contribution in [1.82, 2.24) is 10.6 Å². The lowest BCUT2D eigenvalue weighted by atomic mass is 10.4. The van der Waals surface area contributed by atoms with Crippen LogP contribution < -0.4 is 10.6 Å². The molecule has 0 aromatic carbocycles. The molecule has 1 rings (SSSR count). The monoisotopic (exact) mass is 264 g/mol. The van der Waals surface area contributed by atoms with Crippen LogP contribution in [0.5, 0.6) is 0 Å². The molecule has 16 heavy (non-hydrogen) atoms. The van der Waals surface area contributed by atoms with Gasteiger partial charge >= 0.3 is 6.03 Å². The van der Waals surface area contributed by atoms with Crippen LogP contribution in [0.2, 0.25) is 0 Å². The average molecular weight is 264 g/mol. The second-order valence-electron chi connectivity index (χ2n) is 3.78. The van der Waals surface area contributed by atoms with Crippen LogP contribution in [-0.4, -0.2) is 54.8 Å². The van der Waals surface area contributed by atoms with Crippen molar-refractivity contribution in [2.24, 2.45) is 0 Å². The maximum atomic E-state index is 11.5. The highest BCUT2D eigenvalue weighted by molar-refractivity contribution is 8.06. The molecule has 2 N–H and O–H groups in total. The smallest absolute Gasteiger partial charge is 0.315 e. The van der Waals surface area contributed by atoms with E-state index >= 15 is 0 Å². The molecule has 94 valence electrons. The molecule has 4 nitrogen and oxygen atoms in total. The van der Waals surface area contributed by atoms with Crippen molar-refractivity contribution in [3.8, 4) is 0 Å². The molecule has 1 heterocycles. The zero-order valence-electron chi connectivity index (χ0n) is 9.82. The van der Waals surface area contributed by atoms with E-state index in [1.54, 1.807) is 7.11 Å². The Morgan fingerprint density at radius 1 is 1.56 bits per heavy atom. The first-order chi connectivity index (χ1) is 7.72. The van der Waals surface area contributed by atoms with Crippen LogP contribution in [0.3, 0.4) is 0 Å². The van der Waals surface area contributed by atoms with Crippen molar-refractivity contribution in [3.05, 3.63) is 0 Å². The summed E-state index contributed by atoms with van der Waals surface area (Å²) >= 11 is 3.91. The van der Waals surface area contributed by atoms with Gasteiger partial charge in [0.05, 0.1) is 12.6 Å². The largest absolute Gasteiger partial charge is 0.383 e. The summed E-state index contributed by atoms with van der Waals surface area (Å²) in [6.45, 7) is 3.22. The number of hydrogen-bond donors (Lipinski definition) is 2. The Hall–Kier alpha value is -0.0700. The first-order valence-corrected chi connectivity index (χ1v) is 7.65. The number of amides is 2. The second kappa shape index (κ2) is 8.08. The third-order valence-corrected chi connectivity index (χ3v) is 5.01. The van der Waals surface area contributed by atoms with Gasteiger partial charge in [-0.25, -0.2) is 4.79 Å². The van der Waals surface area contributed by atoms with Crippen molar-refractivity contribution in [2.75, 3.05) is 37.5 Å². The molecule has 0 aliphatic carbocycles. The van der Waals surface area contributed by atoms with E-state index in [2.05, 4.69) is 10.6 Å². The first-order valence-electron chi connectivity index (χ1n) is 5.45. The van der Waals surface area contributed by atoms with E-state index in [1.165, 1.54) is 11.5 Å². The van der Waals surface area contributed by atoms with E-state index < -0.39 is 0 Å². The molecule has 1 fully saturated rings. The molecule has 1 aliphatic rings. The van der Waals surface area contributed by atoms with Crippen molar-refractivity contribution < 1.29 is 9.53 Å². The number of carbonyl (C=O) groups is 1. The highest BCUT2D eigenvalue weighted by atomic mass is 32.2. The average Bonchev–Trinajstić information content (AvgIpc) is 2.28. The highest BCUT2D eigenvalue weighted by Crippen LogP contribution is 2.23. The molecular weight excluding hydrogens is 244 g/mol. The predicted molar refractivity (Wildman–Crippen MR) is 71.4 cm³/mol. The van der Waals surface area contributed by atoms with Crippen LogP contribution in [0.25, 0.3) is 0 Å². The van der Waals surface area contributed by atoms with E-state index in [4.69, 9.17) is 4.74 Å². The van der Waals surface area contributed by atoms with Gasteiger partial charge < -0.3 is 15.4 Å². The van der Waals surface area contributed by atoms with Crippen molar-refractivity contribution in [3.63, 3.8) is 0 Å². The maximum Gasteiger partial charge on any atom is 0.315 e. The zero-order chi connectivity index (χ0) is 11.8. The lowest BCUT2D eigenvalue weighted by Crippen LogP contribution is -2.45. The number of hydrogen-bond acceptors (Lipinski definition) is 4. The number of ether oxygens (including phenoxy) is 1. The summed E-state index contributed by atoms with van der Waals surface area (Å²) < 4.78 is 4.95. The van der Waals surface area contributed by atoms with Crippen LogP contribution in [0.1, 0.15) is 6.92 Å². The molecule has 0 bridgehead atoms. The molecule has 0 unspecified atom stereocenters. The van der Waals surface area contributed by atoms with E-state index in [-0.39, 0.29) is 12.1 Å². The van der Waals surface area contributed by atoms with Crippen molar-refractivity contribution in [1.29, 1.82) is 0 Å². The lowest BCUT2D eigenvalue weighted by Gasteiger charge is -2.21. The van der Waals surface area contributed by atoms with Crippen LogP contribution in [0, 0.1) is 0 Å². The Bertz CT molecular complexity index is 211. The van der Waals surface area contributed by atoms with Gasteiger partial charge in [-0.3, -0.25) is 0 Å². The third kappa shape index (κ3) is 5.86. The fraction of sp³-hybridized carbons (Fsp3) is 0.900. The quantitative estimate of drug-likeness (QED) is 0.782. The molecule has 0 spiro atoms. The summed E-state index contributed by atoms with van der Waals surface area (Å²) in [5.74, 6) is 3.56. The summed E-state index contributed by atoms with van der Waals surface area (Å²) in [6, 6.07) is -0.0425. The molecule has 6 heteroatoms. The summed E-state index contributed by atoms with van der Waals surface area (Å²) in [7, 11) is 1.63. The molecule has 2 atom stereocenters. The number of urea groups is 1. The van der Waals surface area contributed by atoms with E-state index in [0.717, 1.165) is 12.3 Å². The zero-order valence-corrected chi connectivity index (χ0v) is 11.5. The minimum Gasteiger partial charge on any atom is -0.383 e. The SMILES string of the molecule is COC[C@@H](C)NC(=O)NC[C@H]1CSCCS1. The molecule has 2 amide bonds. The molecule has 0 radical (unpaired) electrons. The van der Waals surface area contributed by atoms with Crippen LogP contribution in [-0.2, 0) is 4.74 Å². The fourth-order valence-electron chi connectivity index (χ4n) is 1.43. The van der Waals surface area contributed by atoms with Crippen molar-refractivity contribution in [2.45, 2.75) is 18.2 Å². The fourth-order valence-corrected chi connectivity index (χ4v) is 4.04. The van der Waals surface area contributed by atoms with Gasteiger partial charge in [0.25, 0.3) is 0 Å². The summed E-state index contributed by atoms with van der Waals surface area (Å²) in [5.41, 5.74) is 0. The topological polar surface area (TPSA) is 50.4 Å². The van der Waals surface area contributed by atoms with Gasteiger partial charge in [-0.15, -0.1) is 0 Å². The van der Waals surface area contributed by atoms with Crippen LogP contribution >= 0.6 is 23.5 Å². The van der Waals surface area contributed by atoms with Crippen LogP contribution in [0.15, 0.2) is 0 Å². The van der Waals surface area contributed by atoms with Gasteiger partial charge in [0.1, 0.15) is 0 Å². The van der Waals surface area contributed by atoms with E-state index in [9.17, 15) is 4.79 Å². The van der Waals surface area contributed by atoms with Crippen molar-refractivity contribution >= 4 is 29.6 Å². The van der Waals surface area contributed by atoms with E-state index in [1.807, 2.05) is 30.4 Å². The number of methoxy groups -OCH3 is 1. The predicted octanol–water partition coefficient (Wildman–Crippen LogP) is 1.17. The Morgan fingerprint density at radius 2 is 2.38 bits per heavy atom. The molecule has 1 aliphatic heterocycles. The Kier molecular flexibility index (Phi) is 7.07. The molecule has 0 aromatic rings. The molecule has 0 aromatic heterocycles. The summed E-state index contributed by atoms with van der Waals surface area (Å²) in [5, 5.41) is 6.29. The Labute approximate surface area is 106 Å². The number of nitrogens with one attached hydrogen (secondary N) is 2. The van der Waals surface area contributed by atoms with Gasteiger partial charge in [-0.05, 0) is 6.92 Å². The van der Waals surface area contributed by atoms with Gasteiger partial charge in [0.2, 0.25) is 0 Å². The molecule has 0 saturated carbocycles. The second-order valence-corrected chi connectivity index (χ2v) is 6.34. The summed E-state index contributed by atoms with van der Waals surface area (Å²) in [4.78, 5) is 11.5. The number of rotatable bonds is 5. The lowest BCUT2D eigenvalue weighted by molar-refractivity contribution is 0.171. The summed E-state index contributed by atoms with van der Waals surface area (Å²) in [6.07, 6.45) is 0. The highest BCUT2D eigenvalue weighted by Gasteiger charge is 2.15. The number of thioether (sulfide) groups is 2. The third-order valence-electron chi connectivity index (χ3n) is 2.17. The maximum absolute atomic E-state index is 11.5. The standard InChI is InChI=1S/C10H20N2O2S2/c1-8(6-14-2)12-10(13)11-5-9-7-15-3-4-16-9/h8-9H,3-7H2,1-2H3,(H2,11,12,13)/t8-,9+/m1/s1. The molecule has 1 saturated heterocycles. The Balaban J connectivity index is 2.09. The first kappa shape index (κ1) is 14.0. The van der Waals surface area contributed by atoms with Gasteiger partial charge in [0, 0.05) is 36.2 Å². The minimum absolute atomic E-state index is 0.0541. The normalized spacial score (nSPS) is 22.5. The number of carbonyl (C=O) groups excluding carboxylic acids is 1. The van der Waals surface area contributed by atoms with E-state index in [0.29, 0.717) is 11.9 Å². The van der Waals surface area contributed by atoms with Gasteiger partial charge in [-0.1, -0.05) is 0 Å². The van der Waals surface area contributed by atoms with Gasteiger partial charge in [-0.2, -0.15) is 23.5 Å². The van der Waals surface area contributed by atoms with Gasteiger partial charge in [0.15, 0.2) is 0 Å². The Morgan fingerprint density at radius 3 is 3.00 bits per heavy atom. The van der Waals surface area contributed by atoms with Crippen LogP contribution in [0.4, 0.5) is 4.79 Å². The minimum atomic E-state index is -0.0966. The molecular formula is C10H20N2O2S2.